The van der Waals surface area contributed by atoms with E-state index in [1.54, 1.807) is 0 Å². The summed E-state index contributed by atoms with van der Waals surface area (Å²) in [7, 11) is -20.4. The topological polar surface area (TPSA) is 24.7 Å². The van der Waals surface area contributed by atoms with Crippen LogP contribution in [0, 0.1) is 0 Å². The Morgan fingerprint density at radius 1 is 0.158 bits per heavy atom. The molecule has 0 unspecified atom stereocenters. The summed E-state index contributed by atoms with van der Waals surface area (Å²) in [5, 5.41) is 18.0. The first kappa shape index (κ1) is 72.5. The molecular weight excluding hydrogens is 1350 g/mol. The van der Waals surface area contributed by atoms with E-state index in [-0.39, 0.29) is 0 Å². The van der Waals surface area contributed by atoms with Crippen molar-refractivity contribution in [3.8, 4) is 0 Å². The van der Waals surface area contributed by atoms with E-state index in [0.29, 0.717) is 0 Å². The molecule has 0 aliphatic rings. The Balaban J connectivity index is 1.12. The van der Waals surface area contributed by atoms with E-state index in [2.05, 4.69) is 409 Å². The second-order valence-electron chi connectivity index (χ2n) is 30.2. The molecule has 0 bridgehead atoms. The lowest BCUT2D eigenvalue weighted by Crippen LogP contribution is -2.59. The molecule has 0 atom stereocenters. The highest BCUT2D eigenvalue weighted by Crippen LogP contribution is 2.39. The fraction of sp³-hybridized carbons (Fsp3) is 0.198. The first-order valence-electron chi connectivity index (χ1n) is 37.1. The van der Waals surface area contributed by atoms with Crippen LogP contribution in [0.25, 0.3) is 0 Å². The largest absolute Gasteiger partial charge is 0.267 e. The molecule has 508 valence electrons. The van der Waals surface area contributed by atoms with Gasteiger partial charge in [-0.1, -0.05) is 502 Å². The third-order valence-electron chi connectivity index (χ3n) is 24.0. The van der Waals surface area contributed by atoms with Gasteiger partial charge in [-0.25, -0.2) is 0 Å². The van der Waals surface area contributed by atoms with Crippen LogP contribution in [-0.4, -0.2) is 70.9 Å². The second-order valence-corrected chi connectivity index (χ2v) is 64.4. The third kappa shape index (κ3) is 16.8. The smallest absolute Gasteiger partial charge is 0.194 e. The molecule has 0 spiro atoms. The predicted molar refractivity (Wildman–Crippen MR) is 462 cm³/mol. The van der Waals surface area contributed by atoms with Crippen molar-refractivity contribution < 1.29 is 0 Å². The molecule has 0 heterocycles. The third-order valence-corrected chi connectivity index (χ3v) is 62.1. The molecule has 12 rings (SSSR count). The Hall–Kier alpha value is -8.24. The molecule has 10 heteroatoms. The van der Waals surface area contributed by atoms with Crippen molar-refractivity contribution >= 4 is 133 Å². The van der Waals surface area contributed by atoms with Gasteiger partial charge in [-0.2, -0.15) is 0 Å². The van der Waals surface area contributed by atoms with Gasteiger partial charge < -0.3 is 0 Å². The van der Waals surface area contributed by atoms with Crippen LogP contribution >= 0.6 is 0 Å². The molecule has 0 N–H and O–H groups in total. The minimum absolute atomic E-state index is 1.06. The van der Waals surface area contributed by atoms with E-state index in [9.17, 15) is 0 Å². The van der Waals surface area contributed by atoms with Crippen molar-refractivity contribution in [3.63, 3.8) is 0 Å². The lowest BCUT2D eigenvalue weighted by atomic mass is 10.4. The summed E-state index contributed by atoms with van der Waals surface area (Å²) in [6.07, 6.45) is 0. The summed E-state index contributed by atoms with van der Waals surface area (Å²) in [5.41, 5.74) is 0. The average Bonchev–Trinajstić information content (AvgIpc) is 0.785. The summed E-state index contributed by atoms with van der Waals surface area (Å²) >= 11 is 0. The first-order chi connectivity index (χ1) is 49.2. The van der Waals surface area contributed by atoms with Crippen molar-refractivity contribution in [2.24, 2.45) is 9.32 Å². The molecule has 101 heavy (non-hydrogen) atoms. The minimum atomic E-state index is -2.94. The SMILES string of the molecule is C[Si](CC[Si](CC[Si](C)(c1ccccc1)c1ccccc1)(CC[Si](C)(c1ccccc1)c1ccccc1)N=C=N[Si](CC[Si](C)(c1ccccc1)c1ccccc1)(CC[Si](C)(c1ccccc1)c1ccccc1)CC[Si](C)(c1ccccc1)c1ccccc1)(c1ccccc1)c1ccccc1. The van der Waals surface area contributed by atoms with Gasteiger partial charge in [-0.3, -0.25) is 9.32 Å². The highest BCUT2D eigenvalue weighted by Gasteiger charge is 2.48. The second kappa shape index (κ2) is 33.3. The van der Waals surface area contributed by atoms with Gasteiger partial charge in [0.2, 0.25) is 0 Å². The molecule has 0 radical (unpaired) electrons. The average molecular weight is 1450 g/mol. The van der Waals surface area contributed by atoms with Crippen molar-refractivity contribution in [3.05, 3.63) is 364 Å². The van der Waals surface area contributed by atoms with E-state index in [0.717, 1.165) is 72.5 Å². The Morgan fingerprint density at radius 3 is 0.356 bits per heavy atom. The predicted octanol–water partition coefficient (Wildman–Crippen LogP) is 16.4. The van der Waals surface area contributed by atoms with Crippen LogP contribution in [0.3, 0.4) is 0 Å². The highest BCUT2D eigenvalue weighted by molar-refractivity contribution is 7.06. The molecule has 0 fully saturated rings. The Labute approximate surface area is 613 Å². The quantitative estimate of drug-likeness (QED) is 0.0297. The zero-order valence-corrected chi connectivity index (χ0v) is 68.5. The number of benzene rings is 12. The zero-order valence-electron chi connectivity index (χ0n) is 60.5. The van der Waals surface area contributed by atoms with Gasteiger partial charge in [-0.05, 0) is 36.3 Å². The van der Waals surface area contributed by atoms with E-state index in [1.807, 2.05) is 0 Å². The first-order valence-corrected chi connectivity index (χ1v) is 58.4. The van der Waals surface area contributed by atoms with Crippen LogP contribution in [0.4, 0.5) is 0 Å². The van der Waals surface area contributed by atoms with Crippen molar-refractivity contribution in [2.75, 3.05) is 0 Å². The molecule has 0 aliphatic heterocycles. The maximum absolute atomic E-state index is 6.65. The Morgan fingerprint density at radius 2 is 0.257 bits per heavy atom. The van der Waals surface area contributed by atoms with E-state index >= 15 is 0 Å². The number of nitrogens with zero attached hydrogens (tertiary/aromatic N) is 2. The Bertz CT molecular complexity index is 3550. The molecule has 12 aromatic carbocycles. The molecular formula is C91H102N2Si8. The van der Waals surface area contributed by atoms with Crippen LogP contribution in [-0.2, 0) is 0 Å². The van der Waals surface area contributed by atoms with Crippen molar-refractivity contribution in [1.82, 2.24) is 0 Å². The number of hydrogen-bond donors (Lipinski definition) is 0. The summed E-state index contributed by atoms with van der Waals surface area (Å²) in [5.74, 6) is 0. The zero-order chi connectivity index (χ0) is 70.0. The van der Waals surface area contributed by atoms with Gasteiger partial charge in [-0.15, -0.1) is 0 Å². The van der Waals surface area contributed by atoms with Crippen molar-refractivity contribution in [1.29, 1.82) is 0 Å². The molecule has 0 amide bonds. The van der Waals surface area contributed by atoms with E-state index in [4.69, 9.17) is 9.32 Å². The van der Waals surface area contributed by atoms with Crippen LogP contribution < -0.4 is 62.2 Å². The molecule has 2 nitrogen and oxygen atoms in total. The van der Waals surface area contributed by atoms with Gasteiger partial charge in [0, 0.05) is 0 Å². The minimum Gasteiger partial charge on any atom is -0.267 e. The summed E-state index contributed by atoms with van der Waals surface area (Å²) in [6.45, 7) is 16.0. The standard InChI is InChI=1S/C91H102N2Si8/c1-94(80-43-19-7-20-44-80,81-45-21-8-22-46-81)67-73-100(74-68-95(2,82-47-23-9-24-48-82)83-49-25-10-26-50-83,75-69-96(3,84-51-27-11-28-52-84)85-53-29-12-30-54-85)92-79-93-101(76-70-97(4,86-55-31-13-32-56-86)87-57-33-14-34-58-87,77-71-98(5,88-59-35-15-36-60-88)89-61-37-16-38-62-89)78-72-99(6,90-63-39-17-40-64-90)91-65-41-18-42-66-91/h7-66H,67-78H2,1-6H3. The van der Waals surface area contributed by atoms with Gasteiger partial charge in [0.15, 0.2) is 16.5 Å². The van der Waals surface area contributed by atoms with Crippen molar-refractivity contribution in [2.45, 2.75) is 112 Å². The highest BCUT2D eigenvalue weighted by atomic mass is 28.4. The molecule has 0 aromatic heterocycles. The maximum Gasteiger partial charge on any atom is 0.194 e. The van der Waals surface area contributed by atoms with Gasteiger partial charge in [0.25, 0.3) is 0 Å². The maximum atomic E-state index is 6.65. The fourth-order valence-electron chi connectivity index (χ4n) is 16.6. The summed E-state index contributed by atoms with van der Waals surface area (Å²) in [4.78, 5) is 0. The molecule has 0 saturated carbocycles. The Kier molecular flexibility index (Phi) is 23.9. The monoisotopic (exact) mass is 1450 g/mol. The van der Waals surface area contributed by atoms with E-state index in [1.165, 1.54) is 62.2 Å². The van der Waals surface area contributed by atoms with Crippen LogP contribution in [0.5, 0.6) is 0 Å². The fourth-order valence-corrected chi connectivity index (χ4v) is 59.2. The van der Waals surface area contributed by atoms with Crippen LogP contribution in [0.2, 0.25) is 112 Å². The van der Waals surface area contributed by atoms with Crippen LogP contribution in [0.1, 0.15) is 0 Å². The molecule has 0 aliphatic carbocycles. The van der Waals surface area contributed by atoms with Gasteiger partial charge in [0.1, 0.15) is 48.4 Å². The normalized spacial score (nSPS) is 12.5. The van der Waals surface area contributed by atoms with Crippen LogP contribution in [0.15, 0.2) is 373 Å². The molecule has 12 aromatic rings. The summed E-state index contributed by atoms with van der Waals surface area (Å²) < 4.78 is 13.3. The summed E-state index contributed by atoms with van der Waals surface area (Å²) in [6, 6.07) is 157. The lowest BCUT2D eigenvalue weighted by Gasteiger charge is -2.39. The lowest BCUT2D eigenvalue weighted by molar-refractivity contribution is 1.10. The van der Waals surface area contributed by atoms with E-state index < -0.39 is 64.9 Å². The van der Waals surface area contributed by atoms with Gasteiger partial charge >= 0.3 is 0 Å². The number of hydrogen-bond acceptors (Lipinski definition) is 2. The molecule has 0 saturated heterocycles. The number of rotatable bonds is 32. The van der Waals surface area contributed by atoms with Gasteiger partial charge in [0.05, 0.1) is 6.01 Å².